The van der Waals surface area contributed by atoms with Gasteiger partial charge in [-0.3, -0.25) is 0 Å². The minimum Gasteiger partial charge on any atom is -0.480 e. The number of carboxylic acids is 1. The van der Waals surface area contributed by atoms with E-state index in [1.165, 1.54) is 0 Å². The van der Waals surface area contributed by atoms with Crippen LogP contribution in [0.1, 0.15) is 26.3 Å². The summed E-state index contributed by atoms with van der Waals surface area (Å²) >= 11 is 6.20. The zero-order valence-corrected chi connectivity index (χ0v) is 15.7. The van der Waals surface area contributed by atoms with Crippen LogP contribution in [0.15, 0.2) is 48.5 Å². The predicted molar refractivity (Wildman–Crippen MR) is 101 cm³/mol. The zero-order valence-electron chi connectivity index (χ0n) is 15.0. The van der Waals surface area contributed by atoms with Crippen molar-refractivity contribution in [2.75, 3.05) is 0 Å². The third-order valence-corrected chi connectivity index (χ3v) is 3.90. The smallest absolute Gasteiger partial charge is 0.408 e. The van der Waals surface area contributed by atoms with Crippen LogP contribution in [-0.2, 0) is 16.0 Å². The van der Waals surface area contributed by atoms with E-state index in [1.54, 1.807) is 20.8 Å². The van der Waals surface area contributed by atoms with E-state index < -0.39 is 23.7 Å². The van der Waals surface area contributed by atoms with Gasteiger partial charge in [0.1, 0.15) is 11.6 Å². The first kappa shape index (κ1) is 19.8. The number of nitrogens with one attached hydrogen (secondary N) is 1. The minimum atomic E-state index is -1.12. The average molecular weight is 376 g/mol. The normalized spacial score (nSPS) is 12.3. The lowest BCUT2D eigenvalue weighted by atomic mass is 10.0. The van der Waals surface area contributed by atoms with Gasteiger partial charge in [0, 0.05) is 17.0 Å². The first-order chi connectivity index (χ1) is 12.2. The maximum absolute atomic E-state index is 11.8. The zero-order chi connectivity index (χ0) is 19.3. The number of benzene rings is 2. The van der Waals surface area contributed by atoms with E-state index in [2.05, 4.69) is 5.32 Å². The topological polar surface area (TPSA) is 75.6 Å². The Balaban J connectivity index is 2.09. The average Bonchev–Trinajstić information content (AvgIpc) is 2.54. The van der Waals surface area contributed by atoms with Gasteiger partial charge in [0.05, 0.1) is 0 Å². The maximum atomic E-state index is 11.8. The summed E-state index contributed by atoms with van der Waals surface area (Å²) in [5.41, 5.74) is 1.93. The summed E-state index contributed by atoms with van der Waals surface area (Å²) < 4.78 is 5.12. The number of amides is 1. The van der Waals surface area contributed by atoms with E-state index in [0.717, 1.165) is 16.7 Å². The molecule has 0 aliphatic heterocycles. The molecular weight excluding hydrogens is 354 g/mol. The van der Waals surface area contributed by atoms with Crippen molar-refractivity contribution in [1.82, 2.24) is 5.32 Å². The highest BCUT2D eigenvalue weighted by Gasteiger charge is 2.24. The summed E-state index contributed by atoms with van der Waals surface area (Å²) in [6.07, 6.45) is -0.602. The fourth-order valence-electron chi connectivity index (χ4n) is 2.40. The number of aliphatic carboxylic acids is 1. The van der Waals surface area contributed by atoms with Gasteiger partial charge in [-0.1, -0.05) is 54.1 Å². The first-order valence-electron chi connectivity index (χ1n) is 8.22. The van der Waals surface area contributed by atoms with Gasteiger partial charge in [-0.05, 0) is 38.0 Å². The molecule has 0 aliphatic carbocycles. The second-order valence-electron chi connectivity index (χ2n) is 6.92. The van der Waals surface area contributed by atoms with Crippen molar-refractivity contribution < 1.29 is 19.4 Å². The quantitative estimate of drug-likeness (QED) is 0.805. The van der Waals surface area contributed by atoms with E-state index in [1.807, 2.05) is 48.5 Å². The Morgan fingerprint density at radius 3 is 2.27 bits per heavy atom. The number of carboxylic acid groups (broad SMARTS) is 1. The molecule has 0 heterocycles. The predicted octanol–water partition coefficient (Wildman–Crippen LogP) is 4.53. The third-order valence-electron chi connectivity index (χ3n) is 3.57. The number of alkyl carbamates (subject to hydrolysis) is 1. The fraction of sp³-hybridized carbons (Fsp3) is 0.300. The van der Waals surface area contributed by atoms with Crippen LogP contribution in [0.25, 0.3) is 11.1 Å². The van der Waals surface area contributed by atoms with E-state index in [9.17, 15) is 14.7 Å². The Morgan fingerprint density at radius 2 is 1.73 bits per heavy atom. The lowest BCUT2D eigenvalue weighted by Gasteiger charge is -2.22. The summed E-state index contributed by atoms with van der Waals surface area (Å²) in [6, 6.07) is 13.8. The van der Waals surface area contributed by atoms with E-state index in [4.69, 9.17) is 16.3 Å². The standard InChI is InChI=1S/C20H22ClNO4/c1-20(2,3)26-19(25)22-17(18(23)24)12-13-8-10-14(11-9-13)15-6-4-5-7-16(15)21/h4-11,17H,12H2,1-3H3,(H,22,25)(H,23,24). The van der Waals surface area contributed by atoms with Crippen LogP contribution >= 0.6 is 11.6 Å². The van der Waals surface area contributed by atoms with Crippen molar-refractivity contribution in [3.8, 4) is 11.1 Å². The molecule has 0 aromatic heterocycles. The van der Waals surface area contributed by atoms with Gasteiger partial charge < -0.3 is 15.2 Å². The number of halogens is 1. The third kappa shape index (κ3) is 5.77. The molecule has 0 spiro atoms. The molecule has 0 saturated carbocycles. The molecule has 2 aromatic carbocycles. The Morgan fingerprint density at radius 1 is 1.12 bits per heavy atom. The molecule has 0 fully saturated rings. The SMILES string of the molecule is CC(C)(C)OC(=O)NC(Cc1ccc(-c2ccccc2Cl)cc1)C(=O)O. The second kappa shape index (κ2) is 8.23. The van der Waals surface area contributed by atoms with Crippen LogP contribution in [-0.4, -0.2) is 28.8 Å². The molecular formula is C20H22ClNO4. The molecule has 0 saturated heterocycles. The molecule has 5 nitrogen and oxygen atoms in total. The van der Waals surface area contributed by atoms with Crippen LogP contribution in [0.4, 0.5) is 4.79 Å². The number of rotatable bonds is 5. The van der Waals surface area contributed by atoms with Crippen molar-refractivity contribution >= 4 is 23.7 Å². The molecule has 2 aromatic rings. The van der Waals surface area contributed by atoms with Gasteiger partial charge in [-0.2, -0.15) is 0 Å². The van der Waals surface area contributed by atoms with Crippen LogP contribution in [0, 0.1) is 0 Å². The molecule has 1 unspecified atom stereocenters. The second-order valence-corrected chi connectivity index (χ2v) is 7.33. The molecule has 2 N–H and O–H groups in total. The van der Waals surface area contributed by atoms with Gasteiger partial charge in [-0.25, -0.2) is 9.59 Å². The molecule has 0 aliphatic rings. The Hall–Kier alpha value is -2.53. The number of hydrogen-bond acceptors (Lipinski definition) is 3. The van der Waals surface area contributed by atoms with E-state index in [0.29, 0.717) is 5.02 Å². The van der Waals surface area contributed by atoms with Crippen LogP contribution in [0.5, 0.6) is 0 Å². The van der Waals surface area contributed by atoms with Gasteiger partial charge >= 0.3 is 12.1 Å². The lowest BCUT2D eigenvalue weighted by Crippen LogP contribution is -2.44. The Labute approximate surface area is 157 Å². The molecule has 138 valence electrons. The molecule has 0 bridgehead atoms. The van der Waals surface area contributed by atoms with Crippen molar-refractivity contribution in [1.29, 1.82) is 0 Å². The number of ether oxygens (including phenoxy) is 1. The summed E-state index contributed by atoms with van der Waals surface area (Å²) in [5.74, 6) is -1.12. The molecule has 1 amide bonds. The van der Waals surface area contributed by atoms with Crippen LogP contribution in [0.2, 0.25) is 5.02 Å². The molecule has 26 heavy (non-hydrogen) atoms. The Bertz CT molecular complexity index is 781. The van der Waals surface area contributed by atoms with Crippen molar-refractivity contribution in [2.24, 2.45) is 0 Å². The molecule has 1 atom stereocenters. The molecule has 6 heteroatoms. The summed E-state index contributed by atoms with van der Waals surface area (Å²) in [5, 5.41) is 12.4. The van der Waals surface area contributed by atoms with Crippen LogP contribution < -0.4 is 5.32 Å². The van der Waals surface area contributed by atoms with Crippen molar-refractivity contribution in [3.63, 3.8) is 0 Å². The van der Waals surface area contributed by atoms with Crippen LogP contribution in [0.3, 0.4) is 0 Å². The Kier molecular flexibility index (Phi) is 6.27. The lowest BCUT2D eigenvalue weighted by molar-refractivity contribution is -0.139. The number of hydrogen-bond donors (Lipinski definition) is 2. The summed E-state index contributed by atoms with van der Waals surface area (Å²) in [6.45, 7) is 5.15. The summed E-state index contributed by atoms with van der Waals surface area (Å²) in [7, 11) is 0. The highest BCUT2D eigenvalue weighted by Crippen LogP contribution is 2.27. The molecule has 0 radical (unpaired) electrons. The highest BCUT2D eigenvalue weighted by atomic mass is 35.5. The van der Waals surface area contributed by atoms with E-state index >= 15 is 0 Å². The van der Waals surface area contributed by atoms with Gasteiger partial charge in [0.15, 0.2) is 0 Å². The number of carbonyl (C=O) groups excluding carboxylic acids is 1. The molecule has 2 rings (SSSR count). The fourth-order valence-corrected chi connectivity index (χ4v) is 2.65. The monoisotopic (exact) mass is 375 g/mol. The van der Waals surface area contributed by atoms with Gasteiger partial charge in [0.2, 0.25) is 0 Å². The van der Waals surface area contributed by atoms with E-state index in [-0.39, 0.29) is 6.42 Å². The number of carbonyl (C=O) groups is 2. The minimum absolute atomic E-state index is 0.150. The maximum Gasteiger partial charge on any atom is 0.408 e. The van der Waals surface area contributed by atoms with Crippen molar-refractivity contribution in [3.05, 3.63) is 59.1 Å². The first-order valence-corrected chi connectivity index (χ1v) is 8.59. The van der Waals surface area contributed by atoms with Crippen molar-refractivity contribution in [2.45, 2.75) is 38.8 Å². The van der Waals surface area contributed by atoms with Gasteiger partial charge in [-0.15, -0.1) is 0 Å². The van der Waals surface area contributed by atoms with Gasteiger partial charge in [0.25, 0.3) is 0 Å². The largest absolute Gasteiger partial charge is 0.480 e. The summed E-state index contributed by atoms with van der Waals surface area (Å²) in [4.78, 5) is 23.3. The highest BCUT2D eigenvalue weighted by molar-refractivity contribution is 6.33.